The minimum Gasteiger partial charge on any atom is -0.300 e. The Labute approximate surface area is 120 Å². The van der Waals surface area contributed by atoms with E-state index in [0.717, 1.165) is 12.8 Å². The molecule has 0 aromatic carbocycles. The van der Waals surface area contributed by atoms with Crippen molar-refractivity contribution in [1.82, 2.24) is 14.2 Å². The molecule has 2 unspecified atom stereocenters. The summed E-state index contributed by atoms with van der Waals surface area (Å²) in [5.41, 5.74) is 0. The molecular weight excluding hydrogens is 274 g/mol. The summed E-state index contributed by atoms with van der Waals surface area (Å²) in [4.78, 5) is 6.41. The maximum Gasteiger partial charge on any atom is 0.260 e. The molecule has 2 bridgehead atoms. The molecule has 0 N–H and O–H groups in total. The maximum atomic E-state index is 12.6. The van der Waals surface area contributed by atoms with Gasteiger partial charge in [0, 0.05) is 31.4 Å². The van der Waals surface area contributed by atoms with Gasteiger partial charge >= 0.3 is 0 Å². The van der Waals surface area contributed by atoms with Crippen LogP contribution in [0, 0.1) is 0 Å². The molecule has 2 aliphatic heterocycles. The minimum absolute atomic E-state index is 0.0932. The number of rotatable bonds is 3. The molecule has 0 spiro atoms. The van der Waals surface area contributed by atoms with Crippen LogP contribution in [-0.4, -0.2) is 54.8 Å². The van der Waals surface area contributed by atoms with Crippen molar-refractivity contribution in [3.05, 3.63) is 24.4 Å². The molecule has 2 fully saturated rings. The SMILES string of the molecule is CN1C2CCC1CC(N(C)S(=O)(=O)c1ccccn1)C2. The van der Waals surface area contributed by atoms with Gasteiger partial charge in [-0.1, -0.05) is 6.07 Å². The molecule has 110 valence electrons. The van der Waals surface area contributed by atoms with E-state index in [9.17, 15) is 8.42 Å². The first-order valence-electron chi connectivity index (χ1n) is 7.11. The zero-order valence-corrected chi connectivity index (χ0v) is 12.8. The molecule has 0 saturated carbocycles. The highest BCUT2D eigenvalue weighted by Crippen LogP contribution is 2.37. The summed E-state index contributed by atoms with van der Waals surface area (Å²) in [6, 6.07) is 6.16. The third-order valence-corrected chi connectivity index (χ3v) is 6.70. The van der Waals surface area contributed by atoms with Gasteiger partial charge in [-0.15, -0.1) is 0 Å². The van der Waals surface area contributed by atoms with E-state index >= 15 is 0 Å². The minimum atomic E-state index is -3.47. The second-order valence-electron chi connectivity index (χ2n) is 5.86. The van der Waals surface area contributed by atoms with E-state index in [4.69, 9.17) is 0 Å². The summed E-state index contributed by atoms with van der Waals surface area (Å²) in [5, 5.41) is 0.147. The van der Waals surface area contributed by atoms with Crippen LogP contribution in [0.5, 0.6) is 0 Å². The Balaban J connectivity index is 1.81. The number of piperidine rings is 1. The Morgan fingerprint density at radius 2 is 1.90 bits per heavy atom. The third-order valence-electron chi connectivity index (χ3n) is 4.87. The summed E-state index contributed by atoms with van der Waals surface area (Å²) in [6.07, 6.45) is 5.76. The fourth-order valence-electron chi connectivity index (χ4n) is 3.52. The van der Waals surface area contributed by atoms with Crippen molar-refractivity contribution in [3.63, 3.8) is 0 Å². The highest BCUT2D eigenvalue weighted by atomic mass is 32.2. The Bertz CT molecular complexity index is 561. The largest absolute Gasteiger partial charge is 0.300 e. The van der Waals surface area contributed by atoms with Gasteiger partial charge in [-0.3, -0.25) is 0 Å². The summed E-state index contributed by atoms with van der Waals surface area (Å²) < 4.78 is 26.7. The lowest BCUT2D eigenvalue weighted by atomic mass is 9.98. The molecule has 1 aromatic heterocycles. The second kappa shape index (κ2) is 5.09. The number of nitrogens with zero attached hydrogens (tertiary/aromatic N) is 3. The van der Waals surface area contributed by atoms with Crippen molar-refractivity contribution in [2.45, 2.75) is 48.8 Å². The molecule has 0 amide bonds. The molecule has 2 aliphatic rings. The molecule has 0 aliphatic carbocycles. The molecule has 1 aromatic rings. The first-order chi connectivity index (χ1) is 9.50. The van der Waals surface area contributed by atoms with Crippen LogP contribution in [0.15, 0.2) is 29.4 Å². The van der Waals surface area contributed by atoms with Crippen molar-refractivity contribution in [1.29, 1.82) is 0 Å². The predicted molar refractivity (Wildman–Crippen MR) is 76.8 cm³/mol. The van der Waals surface area contributed by atoms with E-state index in [1.165, 1.54) is 23.3 Å². The molecular formula is C14H21N3O2S. The van der Waals surface area contributed by atoms with E-state index in [1.807, 2.05) is 0 Å². The van der Waals surface area contributed by atoms with Crippen LogP contribution in [0.2, 0.25) is 0 Å². The predicted octanol–water partition coefficient (Wildman–Crippen LogP) is 1.33. The Hall–Kier alpha value is -0.980. The van der Waals surface area contributed by atoms with Gasteiger partial charge in [0.25, 0.3) is 10.0 Å². The van der Waals surface area contributed by atoms with E-state index in [-0.39, 0.29) is 11.1 Å². The monoisotopic (exact) mass is 295 g/mol. The van der Waals surface area contributed by atoms with Crippen LogP contribution in [0.1, 0.15) is 25.7 Å². The summed E-state index contributed by atoms with van der Waals surface area (Å²) in [5.74, 6) is 0. The Kier molecular flexibility index (Phi) is 3.56. The lowest BCUT2D eigenvalue weighted by Crippen LogP contribution is -2.49. The van der Waals surface area contributed by atoms with Crippen molar-refractivity contribution in [2.75, 3.05) is 14.1 Å². The van der Waals surface area contributed by atoms with Crippen LogP contribution in [-0.2, 0) is 10.0 Å². The number of fused-ring (bicyclic) bond motifs is 2. The average molecular weight is 295 g/mol. The van der Waals surface area contributed by atoms with E-state index < -0.39 is 10.0 Å². The van der Waals surface area contributed by atoms with Gasteiger partial charge in [0.2, 0.25) is 0 Å². The topological polar surface area (TPSA) is 53.5 Å². The van der Waals surface area contributed by atoms with Gasteiger partial charge < -0.3 is 4.90 Å². The molecule has 2 saturated heterocycles. The van der Waals surface area contributed by atoms with Crippen LogP contribution in [0.4, 0.5) is 0 Å². The lowest BCUT2D eigenvalue weighted by molar-refractivity contribution is 0.124. The average Bonchev–Trinajstić information content (AvgIpc) is 2.68. The highest BCUT2D eigenvalue weighted by molar-refractivity contribution is 7.89. The van der Waals surface area contributed by atoms with E-state index in [1.54, 1.807) is 25.2 Å². The van der Waals surface area contributed by atoms with Gasteiger partial charge in [-0.25, -0.2) is 13.4 Å². The Morgan fingerprint density at radius 3 is 2.45 bits per heavy atom. The standard InChI is InChI=1S/C14H21N3O2S/c1-16-11-6-7-12(16)10-13(9-11)17(2)20(18,19)14-5-3-4-8-15-14/h3-5,8,11-13H,6-7,9-10H2,1-2H3. The summed E-state index contributed by atoms with van der Waals surface area (Å²) >= 11 is 0. The zero-order chi connectivity index (χ0) is 14.3. The van der Waals surface area contributed by atoms with Crippen LogP contribution >= 0.6 is 0 Å². The Morgan fingerprint density at radius 1 is 1.25 bits per heavy atom. The van der Waals surface area contributed by atoms with Crippen molar-refractivity contribution in [3.8, 4) is 0 Å². The number of pyridine rings is 1. The van der Waals surface area contributed by atoms with Gasteiger partial charge in [-0.2, -0.15) is 4.31 Å². The molecule has 3 rings (SSSR count). The highest BCUT2D eigenvalue weighted by Gasteiger charge is 2.42. The summed E-state index contributed by atoms with van der Waals surface area (Å²) in [6.45, 7) is 0. The molecule has 20 heavy (non-hydrogen) atoms. The maximum absolute atomic E-state index is 12.6. The first kappa shape index (κ1) is 14.0. The van der Waals surface area contributed by atoms with Gasteiger partial charge in [0.05, 0.1) is 0 Å². The van der Waals surface area contributed by atoms with E-state index in [0.29, 0.717) is 12.1 Å². The number of sulfonamides is 1. The lowest BCUT2D eigenvalue weighted by Gasteiger charge is -2.39. The van der Waals surface area contributed by atoms with Crippen LogP contribution < -0.4 is 0 Å². The molecule has 5 nitrogen and oxygen atoms in total. The summed E-state index contributed by atoms with van der Waals surface area (Å²) in [7, 11) is 0.381. The van der Waals surface area contributed by atoms with E-state index in [2.05, 4.69) is 16.9 Å². The van der Waals surface area contributed by atoms with Gasteiger partial charge in [0.15, 0.2) is 5.03 Å². The van der Waals surface area contributed by atoms with Crippen molar-refractivity contribution in [2.24, 2.45) is 0 Å². The fourth-order valence-corrected chi connectivity index (χ4v) is 4.83. The fraction of sp³-hybridized carbons (Fsp3) is 0.643. The van der Waals surface area contributed by atoms with Gasteiger partial charge in [-0.05, 0) is 44.9 Å². The zero-order valence-electron chi connectivity index (χ0n) is 11.9. The number of hydrogen-bond donors (Lipinski definition) is 0. The van der Waals surface area contributed by atoms with Gasteiger partial charge in [0.1, 0.15) is 0 Å². The second-order valence-corrected chi connectivity index (χ2v) is 7.81. The normalized spacial score (nSPS) is 30.9. The first-order valence-corrected chi connectivity index (χ1v) is 8.55. The molecule has 6 heteroatoms. The van der Waals surface area contributed by atoms with Crippen molar-refractivity contribution >= 4 is 10.0 Å². The number of aromatic nitrogens is 1. The third kappa shape index (κ3) is 2.25. The quantitative estimate of drug-likeness (QED) is 0.844. The number of hydrogen-bond acceptors (Lipinski definition) is 4. The molecule has 3 heterocycles. The van der Waals surface area contributed by atoms with Crippen LogP contribution in [0.3, 0.4) is 0 Å². The van der Waals surface area contributed by atoms with Crippen molar-refractivity contribution < 1.29 is 8.42 Å². The molecule has 2 atom stereocenters. The molecule has 0 radical (unpaired) electrons. The smallest absolute Gasteiger partial charge is 0.260 e. The van der Waals surface area contributed by atoms with Crippen LogP contribution in [0.25, 0.3) is 0 Å².